The van der Waals surface area contributed by atoms with E-state index in [0.717, 1.165) is 18.5 Å². The van der Waals surface area contributed by atoms with Gasteiger partial charge in [0.1, 0.15) is 0 Å². The van der Waals surface area contributed by atoms with Crippen LogP contribution in [0.15, 0.2) is 29.3 Å². The maximum Gasteiger partial charge on any atom is 0.191 e. The van der Waals surface area contributed by atoms with E-state index in [1.54, 1.807) is 0 Å². The molecule has 0 amide bonds. The number of H-pyrrole nitrogens is 1. The summed E-state index contributed by atoms with van der Waals surface area (Å²) in [5.74, 6) is 1.15. The lowest BCUT2D eigenvalue weighted by molar-refractivity contribution is 0.599. The molecule has 7 heteroatoms. The molecule has 1 aliphatic rings. The van der Waals surface area contributed by atoms with E-state index in [4.69, 9.17) is 0 Å². The predicted octanol–water partition coefficient (Wildman–Crippen LogP) is 1.76. The van der Waals surface area contributed by atoms with Crippen molar-refractivity contribution in [1.29, 1.82) is 0 Å². The Bertz CT molecular complexity index is 870. The van der Waals surface area contributed by atoms with Crippen LogP contribution in [0.25, 0.3) is 10.9 Å². The fourth-order valence-corrected chi connectivity index (χ4v) is 5.03. The molecule has 0 spiro atoms. The Hall–Kier alpha value is -2.02. The van der Waals surface area contributed by atoms with Gasteiger partial charge in [0.05, 0.1) is 11.5 Å². The Kier molecular flexibility index (Phi) is 5.32. The first-order chi connectivity index (χ1) is 12.0. The number of aliphatic imine (C=N–C) groups is 1. The number of aryl methyl sites for hydroxylation is 1. The smallest absolute Gasteiger partial charge is 0.191 e. The number of rotatable bonds is 5. The number of aromatic amines is 1. The number of hydrogen-bond acceptors (Lipinski definition) is 3. The number of benzene rings is 1. The average molecular weight is 362 g/mol. The fraction of sp³-hybridized carbons (Fsp3) is 0.500. The first-order valence-electron chi connectivity index (χ1n) is 8.80. The van der Waals surface area contributed by atoms with Gasteiger partial charge in [-0.25, -0.2) is 8.42 Å². The van der Waals surface area contributed by atoms with Crippen molar-refractivity contribution in [3.05, 3.63) is 35.5 Å². The van der Waals surface area contributed by atoms with Gasteiger partial charge < -0.3 is 15.6 Å². The van der Waals surface area contributed by atoms with E-state index >= 15 is 0 Å². The molecular formula is C18H26N4O2S. The highest BCUT2D eigenvalue weighted by Crippen LogP contribution is 2.22. The minimum Gasteiger partial charge on any atom is -0.358 e. The lowest BCUT2D eigenvalue weighted by atomic mass is 10.1. The summed E-state index contributed by atoms with van der Waals surface area (Å²) in [5.41, 5.74) is 3.62. The summed E-state index contributed by atoms with van der Waals surface area (Å²) < 4.78 is 23.2. The zero-order valence-electron chi connectivity index (χ0n) is 14.8. The number of hydrogen-bond donors (Lipinski definition) is 3. The standard InChI is InChI=1S/C18H26N4O2S/c1-3-19-18(22-14-9-11-25(23,24)12-14)20-10-8-15-13(2)21-17-7-5-4-6-16(15)17/h4-7,14,21H,3,8-12H2,1-2H3,(H2,19,20,22). The van der Waals surface area contributed by atoms with Crippen LogP contribution in [-0.4, -0.2) is 50.0 Å². The highest BCUT2D eigenvalue weighted by molar-refractivity contribution is 7.91. The van der Waals surface area contributed by atoms with Crippen molar-refractivity contribution in [3.8, 4) is 0 Å². The van der Waals surface area contributed by atoms with Gasteiger partial charge in [-0.1, -0.05) is 18.2 Å². The van der Waals surface area contributed by atoms with Crippen LogP contribution in [0.1, 0.15) is 24.6 Å². The largest absolute Gasteiger partial charge is 0.358 e. The van der Waals surface area contributed by atoms with Gasteiger partial charge >= 0.3 is 0 Å². The molecule has 3 rings (SSSR count). The predicted molar refractivity (Wildman–Crippen MR) is 103 cm³/mol. The molecule has 1 aliphatic heterocycles. The Morgan fingerprint density at radius 1 is 1.36 bits per heavy atom. The van der Waals surface area contributed by atoms with Crippen molar-refractivity contribution >= 4 is 26.7 Å². The topological polar surface area (TPSA) is 86.3 Å². The van der Waals surface area contributed by atoms with Crippen molar-refractivity contribution in [1.82, 2.24) is 15.6 Å². The third-order valence-electron chi connectivity index (χ3n) is 4.58. The summed E-state index contributed by atoms with van der Waals surface area (Å²) in [5, 5.41) is 7.71. The van der Waals surface area contributed by atoms with Crippen molar-refractivity contribution in [2.75, 3.05) is 24.6 Å². The number of sulfone groups is 1. The molecule has 136 valence electrons. The van der Waals surface area contributed by atoms with E-state index in [2.05, 4.69) is 45.7 Å². The van der Waals surface area contributed by atoms with E-state index in [0.29, 0.717) is 18.9 Å². The molecule has 1 saturated heterocycles. The maximum absolute atomic E-state index is 11.6. The van der Waals surface area contributed by atoms with Gasteiger partial charge in [0.25, 0.3) is 0 Å². The molecule has 1 aromatic carbocycles. The van der Waals surface area contributed by atoms with Crippen molar-refractivity contribution < 1.29 is 8.42 Å². The molecule has 1 aromatic heterocycles. The molecular weight excluding hydrogens is 336 g/mol. The third kappa shape index (κ3) is 4.34. The Morgan fingerprint density at radius 2 is 2.16 bits per heavy atom. The van der Waals surface area contributed by atoms with Crippen LogP contribution in [0.5, 0.6) is 0 Å². The zero-order chi connectivity index (χ0) is 17.9. The van der Waals surface area contributed by atoms with Gasteiger partial charge in [0, 0.05) is 35.7 Å². The first kappa shape index (κ1) is 17.8. The van der Waals surface area contributed by atoms with E-state index in [-0.39, 0.29) is 17.5 Å². The summed E-state index contributed by atoms with van der Waals surface area (Å²) >= 11 is 0. The average Bonchev–Trinajstić information content (AvgIpc) is 3.06. The molecule has 1 fully saturated rings. The Balaban J connectivity index is 1.66. The van der Waals surface area contributed by atoms with Crippen LogP contribution in [0.3, 0.4) is 0 Å². The number of guanidine groups is 1. The molecule has 0 saturated carbocycles. The molecule has 6 nitrogen and oxygen atoms in total. The first-order valence-corrected chi connectivity index (χ1v) is 10.6. The van der Waals surface area contributed by atoms with Gasteiger partial charge in [-0.15, -0.1) is 0 Å². The third-order valence-corrected chi connectivity index (χ3v) is 6.34. The minimum atomic E-state index is -2.89. The number of nitrogens with zero attached hydrogens (tertiary/aromatic N) is 1. The number of para-hydroxylation sites is 1. The second kappa shape index (κ2) is 7.47. The number of aromatic nitrogens is 1. The second-order valence-electron chi connectivity index (χ2n) is 6.53. The quantitative estimate of drug-likeness (QED) is 0.559. The van der Waals surface area contributed by atoms with Gasteiger partial charge in [-0.3, -0.25) is 4.99 Å². The van der Waals surface area contributed by atoms with E-state index in [9.17, 15) is 8.42 Å². The van der Waals surface area contributed by atoms with Gasteiger partial charge in [0.2, 0.25) is 0 Å². The number of nitrogens with one attached hydrogen (secondary N) is 3. The summed E-state index contributed by atoms with van der Waals surface area (Å²) in [6.07, 6.45) is 1.49. The van der Waals surface area contributed by atoms with Crippen LogP contribution in [0.4, 0.5) is 0 Å². The summed E-state index contributed by atoms with van der Waals surface area (Å²) in [6.45, 7) is 5.49. The Morgan fingerprint density at radius 3 is 2.88 bits per heavy atom. The molecule has 0 aliphatic carbocycles. The van der Waals surface area contributed by atoms with Crippen LogP contribution < -0.4 is 10.6 Å². The second-order valence-corrected chi connectivity index (χ2v) is 8.76. The molecule has 3 N–H and O–H groups in total. The molecule has 0 bridgehead atoms. The lowest BCUT2D eigenvalue weighted by Crippen LogP contribution is -2.44. The fourth-order valence-electron chi connectivity index (χ4n) is 3.36. The normalized spacial score (nSPS) is 20.1. The molecule has 25 heavy (non-hydrogen) atoms. The van der Waals surface area contributed by atoms with Crippen molar-refractivity contribution in [2.45, 2.75) is 32.7 Å². The monoisotopic (exact) mass is 362 g/mol. The van der Waals surface area contributed by atoms with Crippen molar-refractivity contribution in [2.24, 2.45) is 4.99 Å². The molecule has 1 unspecified atom stereocenters. The Labute approximate surface area is 149 Å². The van der Waals surface area contributed by atoms with Crippen LogP contribution in [-0.2, 0) is 16.3 Å². The van der Waals surface area contributed by atoms with E-state index < -0.39 is 9.84 Å². The zero-order valence-corrected chi connectivity index (χ0v) is 15.6. The van der Waals surface area contributed by atoms with Crippen molar-refractivity contribution in [3.63, 3.8) is 0 Å². The summed E-state index contributed by atoms with van der Waals surface area (Å²) in [6, 6.07) is 8.25. The molecule has 0 radical (unpaired) electrons. The summed E-state index contributed by atoms with van der Waals surface area (Å²) in [4.78, 5) is 8.04. The van der Waals surface area contributed by atoms with Gasteiger partial charge in [0.15, 0.2) is 15.8 Å². The minimum absolute atomic E-state index is 0.0439. The SMILES string of the molecule is CCNC(=NCCc1c(C)[nH]c2ccccc12)NC1CCS(=O)(=O)C1. The van der Waals surface area contributed by atoms with Crippen LogP contribution >= 0.6 is 0 Å². The molecule has 2 heterocycles. The summed E-state index contributed by atoms with van der Waals surface area (Å²) in [7, 11) is -2.89. The van der Waals surface area contributed by atoms with E-state index in [1.807, 2.05) is 13.0 Å². The van der Waals surface area contributed by atoms with Gasteiger partial charge in [-0.2, -0.15) is 0 Å². The number of fused-ring (bicyclic) bond motifs is 1. The van der Waals surface area contributed by atoms with E-state index in [1.165, 1.54) is 16.6 Å². The lowest BCUT2D eigenvalue weighted by Gasteiger charge is -2.15. The van der Waals surface area contributed by atoms with Gasteiger partial charge in [-0.05, 0) is 38.3 Å². The maximum atomic E-state index is 11.6. The van der Waals surface area contributed by atoms with Crippen LogP contribution in [0.2, 0.25) is 0 Å². The highest BCUT2D eigenvalue weighted by atomic mass is 32.2. The highest BCUT2D eigenvalue weighted by Gasteiger charge is 2.28. The van der Waals surface area contributed by atoms with Crippen LogP contribution in [0, 0.1) is 6.92 Å². The molecule has 1 atom stereocenters. The molecule has 2 aromatic rings.